The van der Waals surface area contributed by atoms with Gasteiger partial charge in [0, 0.05) is 25.2 Å². The van der Waals surface area contributed by atoms with E-state index in [-0.39, 0.29) is 11.4 Å². The molecule has 6 heteroatoms. The van der Waals surface area contributed by atoms with Gasteiger partial charge in [0.15, 0.2) is 0 Å². The topological polar surface area (TPSA) is 75.6 Å². The van der Waals surface area contributed by atoms with Gasteiger partial charge in [0.05, 0.1) is 4.92 Å². The predicted octanol–water partition coefficient (Wildman–Crippen LogP) is 1.70. The van der Waals surface area contributed by atoms with Crippen LogP contribution in [0.4, 0.5) is 11.4 Å². The van der Waals surface area contributed by atoms with E-state index in [0.717, 1.165) is 18.7 Å². The van der Waals surface area contributed by atoms with E-state index in [1.807, 2.05) is 13.1 Å². The van der Waals surface area contributed by atoms with Gasteiger partial charge in [-0.15, -0.1) is 0 Å². The van der Waals surface area contributed by atoms with Crippen LogP contribution < -0.4 is 5.73 Å². The molecule has 0 spiro atoms. The van der Waals surface area contributed by atoms with Gasteiger partial charge in [0.1, 0.15) is 5.69 Å². The van der Waals surface area contributed by atoms with E-state index in [9.17, 15) is 10.1 Å². The summed E-state index contributed by atoms with van der Waals surface area (Å²) < 4.78 is 0. The third-order valence-electron chi connectivity index (χ3n) is 3.94. The second-order valence-corrected chi connectivity index (χ2v) is 5.62. The molecule has 1 fully saturated rings. The second kappa shape index (κ2) is 6.19. The van der Waals surface area contributed by atoms with Crippen LogP contribution in [0.15, 0.2) is 18.2 Å². The van der Waals surface area contributed by atoms with E-state index in [2.05, 4.69) is 16.8 Å². The Morgan fingerprint density at radius 3 is 2.90 bits per heavy atom. The first kappa shape index (κ1) is 14.7. The summed E-state index contributed by atoms with van der Waals surface area (Å²) in [5, 5.41) is 10.9. The number of nitro groups is 1. The number of likely N-dealkylation sites (N-methyl/N-ethyl adjacent to an activating group) is 2. The molecule has 1 unspecified atom stereocenters. The van der Waals surface area contributed by atoms with E-state index >= 15 is 0 Å². The predicted molar refractivity (Wildman–Crippen MR) is 79.5 cm³/mol. The molecule has 1 aromatic rings. The Morgan fingerprint density at radius 1 is 1.55 bits per heavy atom. The highest BCUT2D eigenvalue weighted by Gasteiger charge is 2.22. The van der Waals surface area contributed by atoms with Crippen molar-refractivity contribution in [3.63, 3.8) is 0 Å². The minimum absolute atomic E-state index is 0.00566. The number of hydrogen-bond acceptors (Lipinski definition) is 5. The maximum atomic E-state index is 10.9. The first-order valence-corrected chi connectivity index (χ1v) is 6.89. The fourth-order valence-corrected chi connectivity index (χ4v) is 2.79. The molecule has 1 aliphatic heterocycles. The molecule has 2 rings (SSSR count). The van der Waals surface area contributed by atoms with Crippen molar-refractivity contribution in [2.75, 3.05) is 32.9 Å². The molecule has 1 saturated heterocycles. The summed E-state index contributed by atoms with van der Waals surface area (Å²) in [5.74, 6) is 0. The number of nitrogens with two attached hydrogens (primary N) is 1. The summed E-state index contributed by atoms with van der Waals surface area (Å²) in [4.78, 5) is 15.0. The Bertz CT molecular complexity index is 492. The van der Waals surface area contributed by atoms with Crippen molar-refractivity contribution in [2.45, 2.75) is 25.4 Å². The lowest BCUT2D eigenvalue weighted by molar-refractivity contribution is -0.384. The molecular formula is C14H22N4O2. The van der Waals surface area contributed by atoms with Gasteiger partial charge in [-0.1, -0.05) is 6.07 Å². The summed E-state index contributed by atoms with van der Waals surface area (Å²) in [5.41, 5.74) is 6.75. The minimum atomic E-state index is -0.427. The van der Waals surface area contributed by atoms with Crippen molar-refractivity contribution in [2.24, 2.45) is 0 Å². The van der Waals surface area contributed by atoms with Crippen LogP contribution in [-0.4, -0.2) is 47.9 Å². The first-order valence-electron chi connectivity index (χ1n) is 6.89. The number of benzene rings is 1. The number of rotatable bonds is 5. The molecule has 110 valence electrons. The number of nitrogen functional groups attached to an aromatic ring is 1. The smallest absolute Gasteiger partial charge is 0.292 e. The Morgan fingerprint density at radius 2 is 2.30 bits per heavy atom. The van der Waals surface area contributed by atoms with Crippen LogP contribution in [0.3, 0.4) is 0 Å². The van der Waals surface area contributed by atoms with Gasteiger partial charge in [-0.25, -0.2) is 0 Å². The molecule has 0 radical (unpaired) electrons. The number of anilines is 1. The number of likely N-dealkylation sites (tertiary alicyclic amines) is 1. The molecule has 1 aliphatic rings. The van der Waals surface area contributed by atoms with Gasteiger partial charge >= 0.3 is 0 Å². The molecular weight excluding hydrogens is 256 g/mol. The van der Waals surface area contributed by atoms with E-state index in [4.69, 9.17) is 5.73 Å². The lowest BCUT2D eigenvalue weighted by atomic mass is 10.1. The van der Waals surface area contributed by atoms with E-state index in [1.54, 1.807) is 12.1 Å². The van der Waals surface area contributed by atoms with Gasteiger partial charge < -0.3 is 15.5 Å². The number of nitrogens with zero attached hydrogens (tertiary/aromatic N) is 3. The maximum absolute atomic E-state index is 10.9. The minimum Gasteiger partial charge on any atom is -0.393 e. The SMILES string of the molecule is CN(Cc1ccc(N)c([N+](=O)[O-])c1)CC1CCCN1C. The zero-order valence-electron chi connectivity index (χ0n) is 12.1. The van der Waals surface area contributed by atoms with E-state index < -0.39 is 4.92 Å². The van der Waals surface area contributed by atoms with Crippen LogP contribution in [0.25, 0.3) is 0 Å². The molecule has 1 heterocycles. The normalized spacial score (nSPS) is 19.6. The van der Waals surface area contributed by atoms with Crippen molar-refractivity contribution < 1.29 is 4.92 Å². The molecule has 2 N–H and O–H groups in total. The van der Waals surface area contributed by atoms with Gasteiger partial charge in [-0.05, 0) is 45.1 Å². The first-order chi connectivity index (χ1) is 9.47. The Labute approximate surface area is 119 Å². The summed E-state index contributed by atoms with van der Waals surface area (Å²) >= 11 is 0. The van der Waals surface area contributed by atoms with Crippen LogP contribution in [0.5, 0.6) is 0 Å². The molecule has 1 atom stereocenters. The fourth-order valence-electron chi connectivity index (χ4n) is 2.79. The zero-order valence-corrected chi connectivity index (χ0v) is 12.1. The largest absolute Gasteiger partial charge is 0.393 e. The van der Waals surface area contributed by atoms with Crippen molar-refractivity contribution in [1.82, 2.24) is 9.80 Å². The van der Waals surface area contributed by atoms with Crippen molar-refractivity contribution in [1.29, 1.82) is 0 Å². The van der Waals surface area contributed by atoms with E-state index in [0.29, 0.717) is 12.6 Å². The summed E-state index contributed by atoms with van der Waals surface area (Å²) in [6.45, 7) is 2.84. The fraction of sp³-hybridized carbons (Fsp3) is 0.571. The maximum Gasteiger partial charge on any atom is 0.292 e. The van der Waals surface area contributed by atoms with Crippen molar-refractivity contribution in [3.05, 3.63) is 33.9 Å². The summed E-state index contributed by atoms with van der Waals surface area (Å²) in [7, 11) is 4.20. The molecule has 20 heavy (non-hydrogen) atoms. The Hall–Kier alpha value is -1.66. The van der Waals surface area contributed by atoms with E-state index in [1.165, 1.54) is 12.8 Å². The van der Waals surface area contributed by atoms with Gasteiger partial charge in [0.2, 0.25) is 0 Å². The Balaban J connectivity index is 1.98. The third kappa shape index (κ3) is 3.46. The molecule has 0 aliphatic carbocycles. The zero-order chi connectivity index (χ0) is 14.7. The van der Waals surface area contributed by atoms with Crippen LogP contribution >= 0.6 is 0 Å². The lowest BCUT2D eigenvalue weighted by Crippen LogP contribution is -2.36. The highest BCUT2D eigenvalue weighted by molar-refractivity contribution is 5.59. The van der Waals surface area contributed by atoms with Crippen molar-refractivity contribution in [3.8, 4) is 0 Å². The third-order valence-corrected chi connectivity index (χ3v) is 3.94. The quantitative estimate of drug-likeness (QED) is 0.504. The van der Waals surface area contributed by atoms with Crippen LogP contribution in [-0.2, 0) is 6.54 Å². The molecule has 0 bridgehead atoms. The molecule has 0 aromatic heterocycles. The number of hydrogen-bond donors (Lipinski definition) is 1. The monoisotopic (exact) mass is 278 g/mol. The van der Waals surface area contributed by atoms with Crippen molar-refractivity contribution >= 4 is 11.4 Å². The Kier molecular flexibility index (Phi) is 4.57. The van der Waals surface area contributed by atoms with Gasteiger partial charge in [0.25, 0.3) is 5.69 Å². The highest BCUT2D eigenvalue weighted by Crippen LogP contribution is 2.23. The highest BCUT2D eigenvalue weighted by atomic mass is 16.6. The van der Waals surface area contributed by atoms with Gasteiger partial charge in [-0.2, -0.15) is 0 Å². The standard InChI is InChI=1S/C14H22N4O2/c1-16(10-12-4-3-7-17(12)2)9-11-5-6-13(15)14(8-11)18(19)20/h5-6,8,12H,3-4,7,9-10,15H2,1-2H3. The average molecular weight is 278 g/mol. The lowest BCUT2D eigenvalue weighted by Gasteiger charge is -2.25. The van der Waals surface area contributed by atoms with Gasteiger partial charge in [-0.3, -0.25) is 10.1 Å². The molecule has 1 aromatic carbocycles. The van der Waals surface area contributed by atoms with Crippen LogP contribution in [0.2, 0.25) is 0 Å². The van der Waals surface area contributed by atoms with Crippen LogP contribution in [0, 0.1) is 10.1 Å². The second-order valence-electron chi connectivity index (χ2n) is 5.62. The average Bonchev–Trinajstić information content (AvgIpc) is 2.77. The van der Waals surface area contributed by atoms with Crippen LogP contribution in [0.1, 0.15) is 18.4 Å². The molecule has 0 saturated carbocycles. The summed E-state index contributed by atoms with van der Waals surface area (Å²) in [6.07, 6.45) is 2.48. The summed E-state index contributed by atoms with van der Waals surface area (Å²) in [6, 6.07) is 5.63. The number of nitro benzene ring substituents is 1. The molecule has 0 amide bonds. The molecule has 6 nitrogen and oxygen atoms in total.